The van der Waals surface area contributed by atoms with Crippen LogP contribution >= 0.6 is 0 Å². The normalized spacial score (nSPS) is 14.9. The third kappa shape index (κ3) is 3.80. The van der Waals surface area contributed by atoms with E-state index in [1.807, 2.05) is 6.07 Å². The molecule has 0 fully saturated rings. The van der Waals surface area contributed by atoms with Gasteiger partial charge in [-0.25, -0.2) is 0 Å². The molecule has 17 heavy (non-hydrogen) atoms. The summed E-state index contributed by atoms with van der Waals surface area (Å²) in [6.45, 7) is 6.68. The lowest BCUT2D eigenvalue weighted by molar-refractivity contribution is 0.0751. The van der Waals surface area contributed by atoms with E-state index in [0.29, 0.717) is 12.6 Å². The molecule has 0 aliphatic carbocycles. The monoisotopic (exact) mass is 236 g/mol. The van der Waals surface area contributed by atoms with Crippen LogP contribution in [-0.2, 0) is 4.74 Å². The molecule has 3 nitrogen and oxygen atoms in total. The molecule has 0 amide bonds. The second kappa shape index (κ2) is 7.43. The molecule has 0 bridgehead atoms. The summed E-state index contributed by atoms with van der Waals surface area (Å²) in [4.78, 5) is 2.39. The van der Waals surface area contributed by atoms with Crippen LogP contribution in [0.4, 0.5) is 0 Å². The number of ether oxygens (including phenoxy) is 1. The Balaban J connectivity index is 2.83. The first-order valence-electron chi connectivity index (χ1n) is 6.24. The fourth-order valence-electron chi connectivity index (χ4n) is 2.31. The zero-order valence-corrected chi connectivity index (χ0v) is 11.1. The van der Waals surface area contributed by atoms with E-state index in [0.717, 1.165) is 13.2 Å². The number of likely N-dealkylation sites (N-methyl/N-ethyl adjacent to an activating group) is 1. The van der Waals surface area contributed by atoms with E-state index in [9.17, 15) is 0 Å². The molecule has 2 N–H and O–H groups in total. The van der Waals surface area contributed by atoms with Gasteiger partial charge in [-0.05, 0) is 19.0 Å². The molecule has 96 valence electrons. The third-order valence-corrected chi connectivity index (χ3v) is 3.15. The number of hydrogen-bond acceptors (Lipinski definition) is 3. The van der Waals surface area contributed by atoms with Gasteiger partial charge in [0.15, 0.2) is 0 Å². The molecular weight excluding hydrogens is 212 g/mol. The highest BCUT2D eigenvalue weighted by Gasteiger charge is 2.22. The Morgan fingerprint density at radius 1 is 1.29 bits per heavy atom. The fraction of sp³-hybridized carbons (Fsp3) is 0.571. The van der Waals surface area contributed by atoms with Crippen LogP contribution in [0.2, 0.25) is 0 Å². The fourth-order valence-corrected chi connectivity index (χ4v) is 2.31. The second-order valence-corrected chi connectivity index (χ2v) is 4.30. The zero-order valence-electron chi connectivity index (χ0n) is 11.1. The van der Waals surface area contributed by atoms with Gasteiger partial charge in [-0.1, -0.05) is 37.3 Å². The quantitative estimate of drug-likeness (QED) is 0.787. The van der Waals surface area contributed by atoms with Gasteiger partial charge in [-0.2, -0.15) is 0 Å². The van der Waals surface area contributed by atoms with E-state index in [2.05, 4.69) is 43.0 Å². The highest BCUT2D eigenvalue weighted by atomic mass is 16.5. The van der Waals surface area contributed by atoms with E-state index in [-0.39, 0.29) is 6.04 Å². The molecule has 1 aromatic carbocycles. The Morgan fingerprint density at radius 2 is 1.94 bits per heavy atom. The van der Waals surface area contributed by atoms with E-state index < -0.39 is 0 Å². The predicted octanol–water partition coefficient (Wildman–Crippen LogP) is 2.04. The summed E-state index contributed by atoms with van der Waals surface area (Å²) in [5, 5.41) is 0. The van der Waals surface area contributed by atoms with Crippen LogP contribution in [0.25, 0.3) is 0 Å². The Hall–Kier alpha value is -0.900. The number of hydrogen-bond donors (Lipinski definition) is 1. The molecule has 0 saturated carbocycles. The third-order valence-electron chi connectivity index (χ3n) is 3.15. The van der Waals surface area contributed by atoms with Crippen LogP contribution < -0.4 is 5.73 Å². The molecule has 0 radical (unpaired) electrons. The van der Waals surface area contributed by atoms with Gasteiger partial charge < -0.3 is 10.5 Å². The van der Waals surface area contributed by atoms with E-state index in [1.54, 1.807) is 7.11 Å². The van der Waals surface area contributed by atoms with Crippen molar-refractivity contribution in [2.24, 2.45) is 5.73 Å². The van der Waals surface area contributed by atoms with Gasteiger partial charge in [0.2, 0.25) is 0 Å². The summed E-state index contributed by atoms with van der Waals surface area (Å²) in [5.74, 6) is 0. The number of rotatable bonds is 7. The average molecular weight is 236 g/mol. The van der Waals surface area contributed by atoms with Gasteiger partial charge in [0.25, 0.3) is 0 Å². The van der Waals surface area contributed by atoms with Gasteiger partial charge in [0.1, 0.15) is 0 Å². The van der Waals surface area contributed by atoms with Crippen molar-refractivity contribution in [3.8, 4) is 0 Å². The predicted molar refractivity (Wildman–Crippen MR) is 72.0 cm³/mol. The lowest BCUT2D eigenvalue weighted by Crippen LogP contribution is -2.42. The topological polar surface area (TPSA) is 38.5 Å². The zero-order chi connectivity index (χ0) is 12.7. The van der Waals surface area contributed by atoms with Gasteiger partial charge in [0.05, 0.1) is 6.61 Å². The van der Waals surface area contributed by atoms with E-state index in [1.165, 1.54) is 5.56 Å². The largest absolute Gasteiger partial charge is 0.383 e. The van der Waals surface area contributed by atoms with Crippen molar-refractivity contribution in [3.63, 3.8) is 0 Å². The lowest BCUT2D eigenvalue weighted by atomic mass is 10.0. The molecule has 2 unspecified atom stereocenters. The molecule has 1 rings (SSSR count). The van der Waals surface area contributed by atoms with Gasteiger partial charge >= 0.3 is 0 Å². The summed E-state index contributed by atoms with van der Waals surface area (Å²) in [5.41, 5.74) is 7.21. The molecule has 0 spiro atoms. The summed E-state index contributed by atoms with van der Waals surface area (Å²) >= 11 is 0. The minimum Gasteiger partial charge on any atom is -0.383 e. The van der Waals surface area contributed by atoms with Crippen molar-refractivity contribution in [1.82, 2.24) is 4.90 Å². The molecule has 1 aromatic rings. The molecular formula is C14H24N2O. The molecule has 3 heteroatoms. The molecule has 0 heterocycles. The maximum Gasteiger partial charge on any atom is 0.0615 e. The summed E-state index contributed by atoms with van der Waals surface area (Å²) in [7, 11) is 1.74. The maximum absolute atomic E-state index is 5.93. The standard InChI is InChI=1S/C14H24N2O/c1-4-16(12(2)11-17-3)14(10-15)13-8-6-5-7-9-13/h5-9,12,14H,4,10-11,15H2,1-3H3. The van der Waals surface area contributed by atoms with Crippen LogP contribution in [0.5, 0.6) is 0 Å². The second-order valence-electron chi connectivity index (χ2n) is 4.30. The smallest absolute Gasteiger partial charge is 0.0615 e. The number of methoxy groups -OCH3 is 1. The Kier molecular flexibility index (Phi) is 6.19. The SMILES string of the molecule is CCN(C(C)COC)C(CN)c1ccccc1. The minimum absolute atomic E-state index is 0.270. The molecule has 2 atom stereocenters. The Labute approximate surface area is 105 Å². The van der Waals surface area contributed by atoms with Crippen molar-refractivity contribution < 1.29 is 4.74 Å². The van der Waals surface area contributed by atoms with E-state index in [4.69, 9.17) is 10.5 Å². The number of nitrogens with two attached hydrogens (primary N) is 1. The summed E-state index contributed by atoms with van der Waals surface area (Å²) in [6, 6.07) is 11.1. The Morgan fingerprint density at radius 3 is 2.41 bits per heavy atom. The van der Waals surface area contributed by atoms with Gasteiger partial charge in [-0.15, -0.1) is 0 Å². The van der Waals surface area contributed by atoms with Crippen LogP contribution in [0.15, 0.2) is 30.3 Å². The van der Waals surface area contributed by atoms with Crippen LogP contribution in [0.3, 0.4) is 0 Å². The highest BCUT2D eigenvalue weighted by molar-refractivity contribution is 5.19. The maximum atomic E-state index is 5.93. The summed E-state index contributed by atoms with van der Waals surface area (Å²) < 4.78 is 5.23. The first-order valence-corrected chi connectivity index (χ1v) is 6.24. The van der Waals surface area contributed by atoms with E-state index >= 15 is 0 Å². The Bertz CT molecular complexity index is 302. The van der Waals surface area contributed by atoms with Crippen LogP contribution in [0.1, 0.15) is 25.5 Å². The molecule has 0 aliphatic heterocycles. The first-order chi connectivity index (χ1) is 8.24. The number of nitrogens with zero attached hydrogens (tertiary/aromatic N) is 1. The molecule has 0 aliphatic rings. The van der Waals surface area contributed by atoms with Crippen LogP contribution in [0, 0.1) is 0 Å². The van der Waals surface area contributed by atoms with Crippen molar-refractivity contribution >= 4 is 0 Å². The molecule has 0 aromatic heterocycles. The lowest BCUT2D eigenvalue weighted by Gasteiger charge is -2.35. The average Bonchev–Trinajstić information content (AvgIpc) is 2.37. The minimum atomic E-state index is 0.270. The molecule has 0 saturated heterocycles. The van der Waals surface area contributed by atoms with Crippen molar-refractivity contribution in [2.45, 2.75) is 25.9 Å². The van der Waals surface area contributed by atoms with Crippen molar-refractivity contribution in [1.29, 1.82) is 0 Å². The van der Waals surface area contributed by atoms with Crippen molar-refractivity contribution in [3.05, 3.63) is 35.9 Å². The highest BCUT2D eigenvalue weighted by Crippen LogP contribution is 2.21. The van der Waals surface area contributed by atoms with Crippen LogP contribution in [-0.4, -0.2) is 37.7 Å². The number of benzene rings is 1. The van der Waals surface area contributed by atoms with Gasteiger partial charge in [0, 0.05) is 25.7 Å². The summed E-state index contributed by atoms with van der Waals surface area (Å²) in [6.07, 6.45) is 0. The first kappa shape index (κ1) is 14.2. The van der Waals surface area contributed by atoms with Crippen molar-refractivity contribution in [2.75, 3.05) is 26.8 Å². The van der Waals surface area contributed by atoms with Gasteiger partial charge in [-0.3, -0.25) is 4.90 Å².